The van der Waals surface area contributed by atoms with Crippen molar-refractivity contribution < 1.29 is 0 Å². The highest BCUT2D eigenvalue weighted by molar-refractivity contribution is 7.80. The maximum absolute atomic E-state index is 6.26. The lowest BCUT2D eigenvalue weighted by atomic mass is 9.39. The Morgan fingerprint density at radius 3 is 2.50 bits per heavy atom. The fourth-order valence-electron chi connectivity index (χ4n) is 8.74. The maximum Gasteiger partial charge on any atom is 0.0819 e. The minimum Gasteiger partial charge on any atom is -0.375 e. The topological polar surface area (TPSA) is 15.3 Å². The number of hydrogen-bond donors (Lipinski definition) is 1. The van der Waals surface area contributed by atoms with E-state index < -0.39 is 0 Å². The van der Waals surface area contributed by atoms with Crippen molar-refractivity contribution in [1.29, 1.82) is 0 Å². The van der Waals surface area contributed by atoms with E-state index in [0.29, 0.717) is 16.9 Å². The zero-order valence-corrected chi connectivity index (χ0v) is 18.1. The number of rotatable bonds is 3. The molecular weight excluding hydrogens is 360 g/mol. The smallest absolute Gasteiger partial charge is 0.0819 e. The second kappa shape index (κ2) is 6.04. The molecule has 7 fully saturated rings. The number of benzene rings is 1. The Bertz CT molecular complexity index is 785. The van der Waals surface area contributed by atoms with Gasteiger partial charge in [0.1, 0.15) is 0 Å². The van der Waals surface area contributed by atoms with Crippen molar-refractivity contribution >= 4 is 17.2 Å². The van der Waals surface area contributed by atoms with Crippen LogP contribution in [0.25, 0.3) is 0 Å². The van der Waals surface area contributed by atoms with Crippen LogP contribution in [0.5, 0.6) is 0 Å². The summed E-state index contributed by atoms with van der Waals surface area (Å²) in [5.74, 6) is 1.70. The summed E-state index contributed by atoms with van der Waals surface area (Å²) < 4.78 is 0. The minimum atomic E-state index is 0.241. The number of piperidine rings is 3. The van der Waals surface area contributed by atoms with Crippen molar-refractivity contribution in [1.82, 2.24) is 10.2 Å². The molecule has 3 heteroatoms. The molecule has 4 unspecified atom stereocenters. The maximum atomic E-state index is 6.26. The van der Waals surface area contributed by atoms with Gasteiger partial charge in [0.05, 0.1) is 4.99 Å². The van der Waals surface area contributed by atoms with E-state index in [1.165, 1.54) is 76.0 Å². The summed E-state index contributed by atoms with van der Waals surface area (Å²) in [6, 6.07) is 12.0. The molecule has 8 rings (SSSR count). The standard InChI is InChI=1S/C25H34N2S/c1-23-11-18-12-24(15-23,20-5-3-2-4-6-20)17-25(13-18,16-23)22(28)26-21-14-27-9-7-19(21)8-10-27/h2-6,18-19,21H,7-17H2,1H3,(H,26,28)/t18?,21-,23?,24?,25?/m0/s1. The second-order valence-electron chi connectivity index (χ2n) is 11.5. The van der Waals surface area contributed by atoms with Gasteiger partial charge in [0, 0.05) is 18.0 Å². The molecule has 150 valence electrons. The Morgan fingerprint density at radius 1 is 1.04 bits per heavy atom. The lowest BCUT2D eigenvalue weighted by Gasteiger charge is -2.66. The van der Waals surface area contributed by atoms with Gasteiger partial charge in [-0.1, -0.05) is 49.5 Å². The first kappa shape index (κ1) is 17.9. The molecule has 7 aliphatic rings. The molecule has 1 aromatic carbocycles. The molecule has 2 nitrogen and oxygen atoms in total. The van der Waals surface area contributed by atoms with Gasteiger partial charge in [0.2, 0.25) is 0 Å². The molecule has 5 atom stereocenters. The first-order valence-electron chi connectivity index (χ1n) is 11.6. The average Bonchev–Trinajstić information content (AvgIpc) is 2.68. The van der Waals surface area contributed by atoms with Gasteiger partial charge in [-0.15, -0.1) is 0 Å². The van der Waals surface area contributed by atoms with Crippen LogP contribution in [0.2, 0.25) is 0 Å². The number of nitrogens with one attached hydrogen (secondary N) is 1. The van der Waals surface area contributed by atoms with Gasteiger partial charge in [-0.2, -0.15) is 0 Å². The van der Waals surface area contributed by atoms with Gasteiger partial charge in [-0.05, 0) is 92.7 Å². The summed E-state index contributed by atoms with van der Waals surface area (Å²) in [6.07, 6.45) is 10.8. The van der Waals surface area contributed by atoms with Crippen LogP contribution in [-0.4, -0.2) is 35.6 Å². The first-order valence-corrected chi connectivity index (χ1v) is 12.0. The van der Waals surface area contributed by atoms with Crippen molar-refractivity contribution in [3.8, 4) is 0 Å². The summed E-state index contributed by atoms with van der Waals surface area (Å²) in [5, 5.41) is 3.98. The fraction of sp³-hybridized carbons (Fsp3) is 0.720. The van der Waals surface area contributed by atoms with Gasteiger partial charge in [-0.25, -0.2) is 0 Å². The summed E-state index contributed by atoms with van der Waals surface area (Å²) in [4.78, 5) is 3.88. The van der Waals surface area contributed by atoms with Crippen LogP contribution in [0.3, 0.4) is 0 Å². The van der Waals surface area contributed by atoms with Crippen LogP contribution >= 0.6 is 12.2 Å². The van der Waals surface area contributed by atoms with E-state index in [-0.39, 0.29) is 5.41 Å². The summed E-state index contributed by atoms with van der Waals surface area (Å²) in [5.41, 5.74) is 2.65. The van der Waals surface area contributed by atoms with Crippen LogP contribution < -0.4 is 5.32 Å². The van der Waals surface area contributed by atoms with Crippen LogP contribution in [0.1, 0.15) is 63.9 Å². The molecule has 6 bridgehead atoms. The predicted molar refractivity (Wildman–Crippen MR) is 119 cm³/mol. The molecule has 0 radical (unpaired) electrons. The fourth-order valence-corrected chi connectivity index (χ4v) is 9.12. The summed E-state index contributed by atoms with van der Waals surface area (Å²) >= 11 is 6.26. The van der Waals surface area contributed by atoms with Gasteiger partial charge >= 0.3 is 0 Å². The summed E-state index contributed by atoms with van der Waals surface area (Å²) in [6.45, 7) is 6.39. The van der Waals surface area contributed by atoms with Crippen LogP contribution in [-0.2, 0) is 5.41 Å². The van der Waals surface area contributed by atoms with E-state index in [1.807, 2.05) is 0 Å². The van der Waals surface area contributed by atoms with E-state index >= 15 is 0 Å². The molecule has 28 heavy (non-hydrogen) atoms. The second-order valence-corrected chi connectivity index (χ2v) is 11.9. The molecule has 4 aliphatic carbocycles. The molecule has 3 aliphatic heterocycles. The molecule has 3 heterocycles. The molecule has 1 N–H and O–H groups in total. The molecule has 0 aromatic heterocycles. The molecule has 4 saturated carbocycles. The Balaban J connectivity index is 1.31. The molecule has 3 saturated heterocycles. The Morgan fingerprint density at radius 2 is 1.82 bits per heavy atom. The van der Waals surface area contributed by atoms with Crippen molar-refractivity contribution in [2.75, 3.05) is 19.6 Å². The normalized spacial score (nSPS) is 48.6. The molecule has 0 spiro atoms. The SMILES string of the molecule is CC12CC3CC(C(=S)N[C@H]4CN5CCC4CC5)(C1)CC(c1ccccc1)(C3)C2. The minimum absolute atomic E-state index is 0.241. The number of nitrogens with zero attached hydrogens (tertiary/aromatic N) is 1. The molecule has 0 amide bonds. The highest BCUT2D eigenvalue weighted by atomic mass is 32.1. The van der Waals surface area contributed by atoms with E-state index in [4.69, 9.17) is 12.2 Å². The van der Waals surface area contributed by atoms with Crippen LogP contribution in [0.15, 0.2) is 30.3 Å². The third-order valence-electron chi connectivity index (χ3n) is 9.19. The van der Waals surface area contributed by atoms with Gasteiger partial charge < -0.3 is 10.2 Å². The van der Waals surface area contributed by atoms with Crippen molar-refractivity contribution in [3.05, 3.63) is 35.9 Å². The van der Waals surface area contributed by atoms with Crippen molar-refractivity contribution in [2.24, 2.45) is 22.7 Å². The zero-order valence-electron chi connectivity index (χ0n) is 17.3. The average molecular weight is 395 g/mol. The Kier molecular flexibility index (Phi) is 3.86. The van der Waals surface area contributed by atoms with Gasteiger partial charge in [0.25, 0.3) is 0 Å². The number of fused-ring (bicyclic) bond motifs is 3. The Labute approximate surface area is 175 Å². The highest BCUT2D eigenvalue weighted by Gasteiger charge is 2.63. The molecule has 1 aromatic rings. The predicted octanol–water partition coefficient (Wildman–Crippen LogP) is 4.93. The van der Waals surface area contributed by atoms with Gasteiger partial charge in [0.15, 0.2) is 0 Å². The largest absolute Gasteiger partial charge is 0.375 e. The summed E-state index contributed by atoms with van der Waals surface area (Å²) in [7, 11) is 0. The third kappa shape index (κ3) is 2.65. The zero-order chi connectivity index (χ0) is 19.0. The highest BCUT2D eigenvalue weighted by Crippen LogP contribution is 2.70. The van der Waals surface area contributed by atoms with E-state index in [1.54, 1.807) is 5.56 Å². The van der Waals surface area contributed by atoms with E-state index in [2.05, 4.69) is 47.5 Å². The van der Waals surface area contributed by atoms with Crippen LogP contribution in [0.4, 0.5) is 0 Å². The monoisotopic (exact) mass is 394 g/mol. The van der Waals surface area contributed by atoms with Gasteiger partial charge in [-0.3, -0.25) is 0 Å². The van der Waals surface area contributed by atoms with E-state index in [9.17, 15) is 0 Å². The Hall–Kier alpha value is -0.930. The lowest BCUT2D eigenvalue weighted by Crippen LogP contribution is -2.64. The first-order chi connectivity index (χ1) is 13.5. The third-order valence-corrected chi connectivity index (χ3v) is 9.74. The quantitative estimate of drug-likeness (QED) is 0.732. The van der Waals surface area contributed by atoms with E-state index in [0.717, 1.165) is 11.8 Å². The number of hydrogen-bond acceptors (Lipinski definition) is 2. The number of thiocarbonyl (C=S) groups is 1. The van der Waals surface area contributed by atoms with Crippen molar-refractivity contribution in [3.63, 3.8) is 0 Å². The van der Waals surface area contributed by atoms with Crippen LogP contribution in [0, 0.1) is 22.7 Å². The molecular formula is C25H34N2S. The lowest BCUT2D eigenvalue weighted by molar-refractivity contribution is -0.0878. The van der Waals surface area contributed by atoms with Crippen molar-refractivity contribution in [2.45, 2.75) is 69.7 Å².